The van der Waals surface area contributed by atoms with Crippen LogP contribution in [0.5, 0.6) is 0 Å². The van der Waals surface area contributed by atoms with Gasteiger partial charge in [-0.2, -0.15) is 0 Å². The highest BCUT2D eigenvalue weighted by molar-refractivity contribution is 4.79. The normalized spacial score (nSPS) is 16.2. The summed E-state index contributed by atoms with van der Waals surface area (Å²) in [5, 5.41) is 3.31. The van der Waals surface area contributed by atoms with Crippen LogP contribution in [0.1, 0.15) is 73.6 Å². The maximum atomic E-state index is 3.31. The van der Waals surface area contributed by atoms with Crippen LogP contribution in [0, 0.1) is 16.7 Å². The zero-order valence-corrected chi connectivity index (χ0v) is 13.3. The molecule has 0 bridgehead atoms. The van der Waals surface area contributed by atoms with E-state index in [0.717, 1.165) is 12.5 Å². The Morgan fingerprint density at radius 3 is 2.00 bits per heavy atom. The zero-order valence-electron chi connectivity index (χ0n) is 13.3. The second-order valence-electron chi connectivity index (χ2n) is 7.29. The van der Waals surface area contributed by atoms with E-state index in [1.165, 1.54) is 32.1 Å². The predicted octanol–water partition coefficient (Wildman–Crippen LogP) is 4.86. The molecule has 0 aromatic heterocycles. The summed E-state index contributed by atoms with van der Waals surface area (Å²) in [7, 11) is 2.06. The van der Waals surface area contributed by atoms with Gasteiger partial charge >= 0.3 is 0 Å². The van der Waals surface area contributed by atoms with Gasteiger partial charge in [0.05, 0.1) is 0 Å². The fourth-order valence-electron chi connectivity index (χ4n) is 2.32. The minimum absolute atomic E-state index is 0.434. The average molecular weight is 241 g/mol. The first-order chi connectivity index (χ1) is 7.74. The molecule has 1 N–H and O–H groups in total. The maximum absolute atomic E-state index is 3.31. The molecule has 104 valence electrons. The van der Waals surface area contributed by atoms with Crippen LogP contribution in [-0.4, -0.2) is 13.6 Å². The summed E-state index contributed by atoms with van der Waals surface area (Å²) in [5.41, 5.74) is 0.984. The van der Waals surface area contributed by atoms with Crippen molar-refractivity contribution >= 4 is 0 Å². The highest BCUT2D eigenvalue weighted by Crippen LogP contribution is 2.37. The van der Waals surface area contributed by atoms with Crippen LogP contribution < -0.4 is 5.32 Å². The lowest BCUT2D eigenvalue weighted by molar-refractivity contribution is 0.189. The van der Waals surface area contributed by atoms with Gasteiger partial charge in [-0.15, -0.1) is 0 Å². The molecule has 0 rings (SSSR count). The lowest BCUT2D eigenvalue weighted by atomic mass is 9.73. The predicted molar refractivity (Wildman–Crippen MR) is 79.4 cm³/mol. The first-order valence-electron chi connectivity index (χ1n) is 7.39. The van der Waals surface area contributed by atoms with E-state index in [0.29, 0.717) is 10.8 Å². The van der Waals surface area contributed by atoms with Crippen LogP contribution in [0.4, 0.5) is 0 Å². The van der Waals surface area contributed by atoms with Crippen LogP contribution in [0.25, 0.3) is 0 Å². The maximum Gasteiger partial charge on any atom is -0.0000484 e. The van der Waals surface area contributed by atoms with Crippen LogP contribution >= 0.6 is 0 Å². The molecular formula is C16H35N. The third kappa shape index (κ3) is 7.81. The van der Waals surface area contributed by atoms with Gasteiger partial charge in [-0.05, 0) is 49.6 Å². The number of hydrogen-bond acceptors (Lipinski definition) is 1. The smallest absolute Gasteiger partial charge is 0.0000484 e. The second-order valence-corrected chi connectivity index (χ2v) is 7.29. The van der Waals surface area contributed by atoms with Gasteiger partial charge in [0.15, 0.2) is 0 Å². The number of rotatable bonds is 9. The van der Waals surface area contributed by atoms with Crippen molar-refractivity contribution in [2.75, 3.05) is 13.6 Å². The number of hydrogen-bond donors (Lipinski definition) is 1. The molecule has 0 amide bonds. The van der Waals surface area contributed by atoms with Gasteiger partial charge < -0.3 is 5.32 Å². The van der Waals surface area contributed by atoms with E-state index in [1.807, 2.05) is 0 Å². The Hall–Kier alpha value is -0.0400. The Morgan fingerprint density at radius 2 is 1.59 bits per heavy atom. The summed E-state index contributed by atoms with van der Waals surface area (Å²) in [6, 6.07) is 0. The van der Waals surface area contributed by atoms with Crippen molar-refractivity contribution in [3.05, 3.63) is 0 Å². The monoisotopic (exact) mass is 241 g/mol. The molecule has 1 unspecified atom stereocenters. The molecule has 0 aliphatic carbocycles. The molecule has 1 heteroatoms. The molecule has 0 aromatic carbocycles. The molecule has 0 aromatic rings. The standard InChI is InChI=1S/C16H35N/c1-8-16(6,10-9-14(2)3)12-11-15(4,5)13-17-7/h14,17H,8-13H2,1-7H3. The molecule has 0 aliphatic rings. The minimum atomic E-state index is 0.434. The summed E-state index contributed by atoms with van der Waals surface area (Å²) in [6.45, 7) is 15.4. The summed E-state index contributed by atoms with van der Waals surface area (Å²) in [4.78, 5) is 0. The van der Waals surface area contributed by atoms with E-state index in [-0.39, 0.29) is 0 Å². The largest absolute Gasteiger partial charge is 0.319 e. The lowest BCUT2D eigenvalue weighted by Crippen LogP contribution is -2.29. The van der Waals surface area contributed by atoms with Crippen molar-refractivity contribution in [2.24, 2.45) is 16.7 Å². The molecular weight excluding hydrogens is 206 g/mol. The van der Waals surface area contributed by atoms with Crippen molar-refractivity contribution in [2.45, 2.75) is 73.6 Å². The lowest BCUT2D eigenvalue weighted by Gasteiger charge is -2.34. The highest BCUT2D eigenvalue weighted by Gasteiger charge is 2.26. The summed E-state index contributed by atoms with van der Waals surface area (Å²) >= 11 is 0. The first-order valence-corrected chi connectivity index (χ1v) is 7.39. The Labute approximate surface area is 110 Å². The molecule has 1 nitrogen and oxygen atoms in total. The summed E-state index contributed by atoms with van der Waals surface area (Å²) in [6.07, 6.45) is 6.77. The van der Waals surface area contributed by atoms with Crippen molar-refractivity contribution in [3.8, 4) is 0 Å². The van der Waals surface area contributed by atoms with Crippen molar-refractivity contribution in [3.63, 3.8) is 0 Å². The van der Waals surface area contributed by atoms with Gasteiger partial charge in [0.1, 0.15) is 0 Å². The fraction of sp³-hybridized carbons (Fsp3) is 1.00. The van der Waals surface area contributed by atoms with Crippen molar-refractivity contribution in [1.82, 2.24) is 5.32 Å². The van der Waals surface area contributed by atoms with E-state index in [1.54, 1.807) is 0 Å². The van der Waals surface area contributed by atoms with Crippen molar-refractivity contribution in [1.29, 1.82) is 0 Å². The fourth-order valence-corrected chi connectivity index (χ4v) is 2.32. The SMILES string of the molecule is CCC(C)(CCC(C)C)CCC(C)(C)CNC. The molecule has 0 saturated carbocycles. The van der Waals surface area contributed by atoms with Crippen LogP contribution in [0.15, 0.2) is 0 Å². The zero-order chi connectivity index (χ0) is 13.5. The van der Waals surface area contributed by atoms with Crippen LogP contribution in [0.3, 0.4) is 0 Å². The number of nitrogens with one attached hydrogen (secondary N) is 1. The topological polar surface area (TPSA) is 12.0 Å². The molecule has 0 fully saturated rings. The molecule has 0 saturated heterocycles. The van der Waals surface area contributed by atoms with Gasteiger partial charge in [0.2, 0.25) is 0 Å². The second kappa shape index (κ2) is 7.41. The van der Waals surface area contributed by atoms with Gasteiger partial charge in [-0.3, -0.25) is 0 Å². The van der Waals surface area contributed by atoms with E-state index in [4.69, 9.17) is 0 Å². The van der Waals surface area contributed by atoms with Gasteiger partial charge in [0, 0.05) is 0 Å². The van der Waals surface area contributed by atoms with E-state index >= 15 is 0 Å². The van der Waals surface area contributed by atoms with E-state index < -0.39 is 0 Å². The van der Waals surface area contributed by atoms with Gasteiger partial charge in [0.25, 0.3) is 0 Å². The molecule has 0 aliphatic heterocycles. The van der Waals surface area contributed by atoms with E-state index in [9.17, 15) is 0 Å². The van der Waals surface area contributed by atoms with Crippen LogP contribution in [0.2, 0.25) is 0 Å². The molecule has 17 heavy (non-hydrogen) atoms. The Balaban J connectivity index is 4.19. The van der Waals surface area contributed by atoms with E-state index in [2.05, 4.69) is 53.9 Å². The average Bonchev–Trinajstić information content (AvgIpc) is 2.24. The third-order valence-corrected chi connectivity index (χ3v) is 4.24. The molecule has 0 heterocycles. The highest BCUT2D eigenvalue weighted by atomic mass is 14.8. The molecule has 0 radical (unpaired) electrons. The van der Waals surface area contributed by atoms with Gasteiger partial charge in [-0.1, -0.05) is 54.4 Å². The van der Waals surface area contributed by atoms with Crippen molar-refractivity contribution < 1.29 is 0 Å². The summed E-state index contributed by atoms with van der Waals surface area (Å²) in [5.74, 6) is 0.839. The minimum Gasteiger partial charge on any atom is -0.319 e. The third-order valence-electron chi connectivity index (χ3n) is 4.24. The van der Waals surface area contributed by atoms with Crippen LogP contribution in [-0.2, 0) is 0 Å². The van der Waals surface area contributed by atoms with Gasteiger partial charge in [-0.25, -0.2) is 0 Å². The Kier molecular flexibility index (Phi) is 7.39. The molecule has 0 spiro atoms. The summed E-state index contributed by atoms with van der Waals surface area (Å²) < 4.78 is 0. The quantitative estimate of drug-likeness (QED) is 0.607. The Bertz CT molecular complexity index is 196. The Morgan fingerprint density at radius 1 is 1.00 bits per heavy atom. The first kappa shape index (κ1) is 17.0. The molecule has 1 atom stereocenters.